The minimum atomic E-state index is -0.769. The second-order valence-corrected chi connectivity index (χ2v) is 5.25. The Morgan fingerprint density at radius 1 is 1.35 bits per heavy atom. The molecule has 0 fully saturated rings. The van der Waals surface area contributed by atoms with E-state index >= 15 is 0 Å². The second kappa shape index (κ2) is 6.09. The zero-order chi connectivity index (χ0) is 14.7. The highest BCUT2D eigenvalue weighted by molar-refractivity contribution is 5.85. The average molecular weight is 274 g/mol. The predicted molar refractivity (Wildman–Crippen MR) is 80.9 cm³/mol. The van der Waals surface area contributed by atoms with E-state index < -0.39 is 5.97 Å². The summed E-state index contributed by atoms with van der Waals surface area (Å²) in [4.78, 5) is 13.0. The number of carboxylic acid groups (broad SMARTS) is 1. The molecule has 1 heterocycles. The van der Waals surface area contributed by atoms with E-state index in [9.17, 15) is 4.79 Å². The van der Waals surface area contributed by atoms with Crippen LogP contribution in [0.15, 0.2) is 24.3 Å². The summed E-state index contributed by atoms with van der Waals surface area (Å²) in [7, 11) is 2.05. The molecule has 2 rings (SSSR count). The van der Waals surface area contributed by atoms with Gasteiger partial charge in [0.1, 0.15) is 0 Å². The molecule has 20 heavy (non-hydrogen) atoms. The molecule has 1 N–H and O–H groups in total. The van der Waals surface area contributed by atoms with Crippen molar-refractivity contribution in [2.24, 2.45) is 7.05 Å². The summed E-state index contributed by atoms with van der Waals surface area (Å²) in [5.41, 5.74) is 3.64. The Bertz CT molecular complexity index is 577. The normalized spacial score (nSPS) is 11.4. The number of carboxylic acids is 1. The Kier molecular flexibility index (Phi) is 4.45. The number of para-hydroxylation sites is 1. The summed E-state index contributed by atoms with van der Waals surface area (Å²) in [6.45, 7) is 5.75. The van der Waals surface area contributed by atoms with Gasteiger partial charge < -0.3 is 9.67 Å². The van der Waals surface area contributed by atoms with Gasteiger partial charge in [0.05, 0.1) is 6.54 Å². The lowest BCUT2D eigenvalue weighted by molar-refractivity contribution is -0.138. The first-order chi connectivity index (χ1) is 9.54. The number of fused-ring (bicyclic) bond motifs is 1. The Morgan fingerprint density at radius 3 is 2.65 bits per heavy atom. The third kappa shape index (κ3) is 2.85. The van der Waals surface area contributed by atoms with Crippen LogP contribution >= 0.6 is 0 Å². The number of aromatic nitrogens is 1. The Hall–Kier alpha value is -1.81. The highest BCUT2D eigenvalue weighted by Gasteiger charge is 2.16. The van der Waals surface area contributed by atoms with Crippen molar-refractivity contribution in [3.63, 3.8) is 0 Å². The minimum Gasteiger partial charge on any atom is -0.480 e. The van der Waals surface area contributed by atoms with E-state index in [2.05, 4.69) is 37.6 Å². The van der Waals surface area contributed by atoms with Gasteiger partial charge in [0.15, 0.2) is 0 Å². The number of hydrogen-bond donors (Lipinski definition) is 1. The van der Waals surface area contributed by atoms with Crippen molar-refractivity contribution < 1.29 is 9.90 Å². The van der Waals surface area contributed by atoms with E-state index in [0.29, 0.717) is 6.54 Å². The van der Waals surface area contributed by atoms with Gasteiger partial charge in [-0.05, 0) is 31.5 Å². The molecule has 0 saturated heterocycles. The molecule has 0 spiro atoms. The van der Waals surface area contributed by atoms with Crippen LogP contribution in [0.1, 0.15) is 24.6 Å². The third-order valence-corrected chi connectivity index (χ3v) is 3.78. The monoisotopic (exact) mass is 274 g/mol. The second-order valence-electron chi connectivity index (χ2n) is 5.25. The van der Waals surface area contributed by atoms with Crippen molar-refractivity contribution in [3.8, 4) is 0 Å². The SMILES string of the molecule is CCCN(CC(=O)O)Cc1c(C)c2ccccc2n1C. The van der Waals surface area contributed by atoms with Crippen molar-refractivity contribution in [3.05, 3.63) is 35.5 Å². The zero-order valence-electron chi connectivity index (χ0n) is 12.4. The number of aliphatic carboxylic acids is 1. The molecule has 0 unspecified atom stereocenters. The topological polar surface area (TPSA) is 45.5 Å². The van der Waals surface area contributed by atoms with Gasteiger partial charge in [-0.15, -0.1) is 0 Å². The average Bonchev–Trinajstić information content (AvgIpc) is 2.64. The molecular weight excluding hydrogens is 252 g/mol. The van der Waals surface area contributed by atoms with E-state index in [0.717, 1.165) is 13.0 Å². The molecule has 0 bridgehead atoms. The fourth-order valence-corrected chi connectivity index (χ4v) is 2.79. The van der Waals surface area contributed by atoms with E-state index in [4.69, 9.17) is 5.11 Å². The fourth-order valence-electron chi connectivity index (χ4n) is 2.79. The Balaban J connectivity index is 2.34. The third-order valence-electron chi connectivity index (χ3n) is 3.78. The molecule has 0 aliphatic rings. The van der Waals surface area contributed by atoms with E-state index in [1.54, 1.807) is 0 Å². The van der Waals surface area contributed by atoms with Crippen molar-refractivity contribution >= 4 is 16.9 Å². The van der Waals surface area contributed by atoms with Crippen LogP contribution in [0.2, 0.25) is 0 Å². The summed E-state index contributed by atoms with van der Waals surface area (Å²) in [5.74, 6) is -0.769. The smallest absolute Gasteiger partial charge is 0.317 e. The van der Waals surface area contributed by atoms with Gasteiger partial charge in [-0.1, -0.05) is 25.1 Å². The molecule has 4 nitrogen and oxygen atoms in total. The first kappa shape index (κ1) is 14.6. The predicted octanol–water partition coefficient (Wildman–Crippen LogP) is 2.78. The summed E-state index contributed by atoms with van der Waals surface area (Å²) in [6, 6.07) is 8.30. The lowest BCUT2D eigenvalue weighted by Crippen LogP contribution is -2.31. The first-order valence-corrected chi connectivity index (χ1v) is 7.01. The first-order valence-electron chi connectivity index (χ1n) is 7.01. The van der Waals surface area contributed by atoms with Crippen LogP contribution in [-0.2, 0) is 18.4 Å². The molecular formula is C16H22N2O2. The van der Waals surface area contributed by atoms with Crippen molar-refractivity contribution in [1.29, 1.82) is 0 Å². The molecule has 0 amide bonds. The van der Waals surface area contributed by atoms with Crippen LogP contribution in [0.25, 0.3) is 10.9 Å². The Morgan fingerprint density at radius 2 is 2.05 bits per heavy atom. The minimum absolute atomic E-state index is 0.0921. The number of carbonyl (C=O) groups is 1. The van der Waals surface area contributed by atoms with Crippen LogP contribution in [0, 0.1) is 6.92 Å². The zero-order valence-corrected chi connectivity index (χ0v) is 12.4. The molecule has 4 heteroatoms. The van der Waals surface area contributed by atoms with Gasteiger partial charge in [-0.2, -0.15) is 0 Å². The molecule has 0 atom stereocenters. The van der Waals surface area contributed by atoms with Crippen LogP contribution in [0.3, 0.4) is 0 Å². The molecule has 0 radical (unpaired) electrons. The van der Waals surface area contributed by atoms with Crippen LogP contribution in [0.5, 0.6) is 0 Å². The summed E-state index contributed by atoms with van der Waals surface area (Å²) < 4.78 is 2.18. The maximum absolute atomic E-state index is 11.0. The van der Waals surface area contributed by atoms with Crippen LogP contribution < -0.4 is 0 Å². The standard InChI is InChI=1S/C16H22N2O2/c1-4-9-18(11-16(19)20)10-15-12(2)13-7-5-6-8-14(13)17(15)3/h5-8H,4,9-11H2,1-3H3,(H,19,20). The summed E-state index contributed by atoms with van der Waals surface area (Å²) in [6.07, 6.45) is 0.955. The van der Waals surface area contributed by atoms with E-state index in [-0.39, 0.29) is 6.54 Å². The number of benzene rings is 1. The van der Waals surface area contributed by atoms with Crippen LogP contribution in [0.4, 0.5) is 0 Å². The van der Waals surface area contributed by atoms with E-state index in [1.807, 2.05) is 17.0 Å². The maximum atomic E-state index is 11.0. The molecule has 1 aromatic heterocycles. The lowest BCUT2D eigenvalue weighted by Gasteiger charge is -2.20. The van der Waals surface area contributed by atoms with Crippen molar-refractivity contribution in [1.82, 2.24) is 9.47 Å². The highest BCUT2D eigenvalue weighted by Crippen LogP contribution is 2.25. The van der Waals surface area contributed by atoms with Gasteiger partial charge >= 0.3 is 5.97 Å². The fraction of sp³-hybridized carbons (Fsp3) is 0.438. The molecule has 1 aromatic carbocycles. The number of rotatable bonds is 6. The molecule has 0 saturated carbocycles. The van der Waals surface area contributed by atoms with E-state index in [1.165, 1.54) is 22.2 Å². The highest BCUT2D eigenvalue weighted by atomic mass is 16.4. The van der Waals surface area contributed by atoms with Crippen LogP contribution in [-0.4, -0.2) is 33.6 Å². The summed E-state index contributed by atoms with van der Waals surface area (Å²) >= 11 is 0. The van der Waals surface area contributed by atoms with Gasteiger partial charge in [0, 0.05) is 30.2 Å². The number of aryl methyl sites for hydroxylation is 2. The molecule has 108 valence electrons. The quantitative estimate of drug-likeness (QED) is 0.881. The van der Waals surface area contributed by atoms with Crippen molar-refractivity contribution in [2.75, 3.05) is 13.1 Å². The van der Waals surface area contributed by atoms with Gasteiger partial charge in [-0.3, -0.25) is 9.69 Å². The summed E-state index contributed by atoms with van der Waals surface area (Å²) in [5, 5.41) is 10.3. The maximum Gasteiger partial charge on any atom is 0.317 e. The largest absolute Gasteiger partial charge is 0.480 e. The lowest BCUT2D eigenvalue weighted by atomic mass is 10.1. The van der Waals surface area contributed by atoms with Gasteiger partial charge in [-0.25, -0.2) is 0 Å². The molecule has 0 aliphatic carbocycles. The van der Waals surface area contributed by atoms with Gasteiger partial charge in [0.25, 0.3) is 0 Å². The number of nitrogens with zero attached hydrogens (tertiary/aromatic N) is 2. The molecule has 0 aliphatic heterocycles. The Labute approximate surface area is 119 Å². The molecule has 2 aromatic rings. The van der Waals surface area contributed by atoms with Gasteiger partial charge in [0.2, 0.25) is 0 Å². The van der Waals surface area contributed by atoms with Crippen molar-refractivity contribution in [2.45, 2.75) is 26.8 Å². The number of hydrogen-bond acceptors (Lipinski definition) is 2.